The van der Waals surface area contributed by atoms with Crippen LogP contribution in [-0.2, 0) is 25.6 Å². The standard InChI is InChI=1S/C57H59N13O4/c71-52(61-44-17-13-41(14-18-44)50-23-26-59-56(65-50)63-46-9-3-11-48(37-46)67-28-32-69(33-29-67)54(73)36-40-6-5-25-58-39-40)21-22-53(72)62-45-19-15-42(16-20-45)51-24-27-60-57(66-51)64-47-10-4-12-49(38-47)68-30-34-70(35-31-68)55(74)43-7-1-2-8-43/h3-6,9-20,23-27,37-39,43H,1-2,7-8,21-22,28-36H2,(H,61,71)(H,62,72)(H,59,63,65)(H,60,64,66). The quantitative estimate of drug-likeness (QED) is 0.0720. The maximum Gasteiger partial charge on any atom is 0.227 e. The van der Waals surface area contributed by atoms with E-state index in [4.69, 9.17) is 9.97 Å². The molecule has 3 aromatic heterocycles. The van der Waals surface area contributed by atoms with Crippen LogP contribution >= 0.6 is 0 Å². The minimum absolute atomic E-state index is 0.00812. The molecule has 74 heavy (non-hydrogen) atoms. The fourth-order valence-electron chi connectivity index (χ4n) is 9.72. The van der Waals surface area contributed by atoms with E-state index in [-0.39, 0.29) is 36.5 Å². The first kappa shape index (κ1) is 48.9. The summed E-state index contributed by atoms with van der Waals surface area (Å²) in [6.07, 6.45) is 11.6. The maximum absolute atomic E-state index is 12.9. The van der Waals surface area contributed by atoms with E-state index in [2.05, 4.69) is 70.3 Å². The zero-order chi connectivity index (χ0) is 50.6. The Balaban J connectivity index is 0.653. The molecule has 4 amide bonds. The lowest BCUT2D eigenvalue weighted by molar-refractivity contribution is -0.135. The lowest BCUT2D eigenvalue weighted by Crippen LogP contribution is -2.50. The highest BCUT2D eigenvalue weighted by Gasteiger charge is 2.30. The molecule has 2 aliphatic heterocycles. The Labute approximate surface area is 430 Å². The first-order valence-corrected chi connectivity index (χ1v) is 25.4. The normalized spacial score (nSPS) is 14.9. The average molecular weight is 990 g/mol. The number of carbonyl (C=O) groups excluding carboxylic acids is 4. The van der Waals surface area contributed by atoms with Crippen molar-refractivity contribution >= 4 is 69.6 Å². The molecule has 1 aliphatic carbocycles. The third kappa shape index (κ3) is 12.6. The second-order valence-corrected chi connectivity index (χ2v) is 18.8. The lowest BCUT2D eigenvalue weighted by atomic mass is 10.1. The summed E-state index contributed by atoms with van der Waals surface area (Å²) in [5, 5.41) is 12.5. The summed E-state index contributed by atoms with van der Waals surface area (Å²) in [7, 11) is 0. The largest absolute Gasteiger partial charge is 0.368 e. The van der Waals surface area contributed by atoms with Gasteiger partial charge in [0.15, 0.2) is 0 Å². The van der Waals surface area contributed by atoms with E-state index in [0.29, 0.717) is 54.4 Å². The topological polar surface area (TPSA) is 194 Å². The summed E-state index contributed by atoms with van der Waals surface area (Å²) in [5.41, 5.74) is 9.10. The van der Waals surface area contributed by atoms with Gasteiger partial charge in [0.05, 0.1) is 17.8 Å². The fourth-order valence-corrected chi connectivity index (χ4v) is 9.72. The van der Waals surface area contributed by atoms with Gasteiger partial charge in [-0.15, -0.1) is 0 Å². The van der Waals surface area contributed by atoms with Gasteiger partial charge in [0.2, 0.25) is 35.5 Å². The highest BCUT2D eigenvalue weighted by atomic mass is 16.2. The second-order valence-electron chi connectivity index (χ2n) is 18.8. The van der Waals surface area contributed by atoms with E-state index in [0.717, 1.165) is 110 Å². The molecule has 17 nitrogen and oxygen atoms in total. The number of piperazine rings is 2. The van der Waals surface area contributed by atoms with Gasteiger partial charge < -0.3 is 40.9 Å². The minimum Gasteiger partial charge on any atom is -0.368 e. The molecule has 3 fully saturated rings. The van der Waals surface area contributed by atoms with Crippen molar-refractivity contribution in [2.75, 3.05) is 83.4 Å². The molecule has 3 aliphatic rings. The number of aromatic nitrogens is 5. The van der Waals surface area contributed by atoms with Crippen molar-refractivity contribution in [2.45, 2.75) is 44.9 Å². The second kappa shape index (κ2) is 23.2. The van der Waals surface area contributed by atoms with Crippen molar-refractivity contribution < 1.29 is 19.2 Å². The highest BCUT2D eigenvalue weighted by molar-refractivity contribution is 5.97. The number of anilines is 8. The Morgan fingerprint density at radius 3 is 1.50 bits per heavy atom. The molecule has 376 valence electrons. The molecule has 7 aromatic rings. The zero-order valence-electron chi connectivity index (χ0n) is 41.2. The van der Waals surface area contributed by atoms with Crippen molar-refractivity contribution in [3.8, 4) is 22.5 Å². The van der Waals surface area contributed by atoms with Crippen LogP contribution < -0.4 is 31.1 Å². The summed E-state index contributed by atoms with van der Waals surface area (Å²) in [6, 6.07) is 38.5. The Morgan fingerprint density at radius 2 is 1.01 bits per heavy atom. The molecule has 0 bridgehead atoms. The van der Waals surface area contributed by atoms with Crippen LogP contribution in [0.1, 0.15) is 44.1 Å². The van der Waals surface area contributed by atoms with Gasteiger partial charge in [-0.25, -0.2) is 19.9 Å². The maximum atomic E-state index is 12.9. The van der Waals surface area contributed by atoms with Crippen LogP contribution in [0.2, 0.25) is 0 Å². The Morgan fingerprint density at radius 1 is 0.514 bits per heavy atom. The van der Waals surface area contributed by atoms with E-state index >= 15 is 0 Å². The van der Waals surface area contributed by atoms with Crippen molar-refractivity contribution in [3.05, 3.63) is 152 Å². The number of benzene rings is 4. The number of amides is 4. The number of carbonyl (C=O) groups is 4. The molecular weight excluding hydrogens is 931 g/mol. The summed E-state index contributed by atoms with van der Waals surface area (Å²) in [6.45, 7) is 5.83. The molecule has 2 saturated heterocycles. The summed E-state index contributed by atoms with van der Waals surface area (Å²) >= 11 is 0. The molecule has 17 heteroatoms. The van der Waals surface area contributed by atoms with Crippen molar-refractivity contribution in [1.82, 2.24) is 34.7 Å². The van der Waals surface area contributed by atoms with E-state index in [1.165, 1.54) is 0 Å². The van der Waals surface area contributed by atoms with Gasteiger partial charge in [-0.1, -0.05) is 55.3 Å². The minimum atomic E-state index is -0.277. The molecule has 10 rings (SSSR count). The third-order valence-electron chi connectivity index (χ3n) is 13.8. The average Bonchev–Trinajstić information content (AvgIpc) is 3.99. The smallest absolute Gasteiger partial charge is 0.227 e. The molecule has 0 atom stereocenters. The molecule has 4 N–H and O–H groups in total. The Kier molecular flexibility index (Phi) is 15.3. The summed E-state index contributed by atoms with van der Waals surface area (Å²) in [4.78, 5) is 82.7. The molecule has 5 heterocycles. The van der Waals surface area contributed by atoms with Crippen molar-refractivity contribution in [3.63, 3.8) is 0 Å². The van der Waals surface area contributed by atoms with Crippen molar-refractivity contribution in [2.24, 2.45) is 5.92 Å². The number of pyridine rings is 1. The van der Waals surface area contributed by atoms with Crippen LogP contribution in [0.5, 0.6) is 0 Å². The highest BCUT2D eigenvalue weighted by Crippen LogP contribution is 2.30. The number of rotatable bonds is 16. The number of hydrogen-bond acceptors (Lipinski definition) is 13. The van der Waals surface area contributed by atoms with E-state index < -0.39 is 0 Å². The van der Waals surface area contributed by atoms with Gasteiger partial charge in [0, 0.05) is 141 Å². The molecule has 1 saturated carbocycles. The predicted octanol–water partition coefficient (Wildman–Crippen LogP) is 8.57. The van der Waals surface area contributed by atoms with Crippen LogP contribution in [0.4, 0.5) is 46.0 Å². The van der Waals surface area contributed by atoms with E-state index in [1.807, 2.05) is 94.7 Å². The van der Waals surface area contributed by atoms with E-state index in [1.54, 1.807) is 36.9 Å². The van der Waals surface area contributed by atoms with Gasteiger partial charge in [0.25, 0.3) is 0 Å². The SMILES string of the molecule is O=C(CCC(=O)Nc1ccc(-c2ccnc(Nc3cccc(N4CCN(C(=O)C5CCCC5)CC4)c3)n2)cc1)Nc1ccc(-c2ccnc(Nc3cccc(N4CCN(C(=O)Cc5cccnc5)CC4)c3)n2)cc1. The molecular formula is C57H59N13O4. The first-order chi connectivity index (χ1) is 36.2. The lowest BCUT2D eigenvalue weighted by Gasteiger charge is -2.37. The van der Waals surface area contributed by atoms with E-state index in [9.17, 15) is 19.2 Å². The van der Waals surface area contributed by atoms with Crippen LogP contribution in [0.3, 0.4) is 0 Å². The summed E-state index contributed by atoms with van der Waals surface area (Å²) < 4.78 is 0. The molecule has 0 unspecified atom stereocenters. The Bertz CT molecular complexity index is 3060. The first-order valence-electron chi connectivity index (χ1n) is 25.4. The third-order valence-corrected chi connectivity index (χ3v) is 13.8. The van der Waals surface area contributed by atoms with Crippen molar-refractivity contribution in [1.29, 1.82) is 0 Å². The van der Waals surface area contributed by atoms with Crippen LogP contribution in [0.25, 0.3) is 22.5 Å². The summed E-state index contributed by atoms with van der Waals surface area (Å²) in [5.74, 6) is 0.998. The van der Waals surface area contributed by atoms with Crippen LogP contribution in [0, 0.1) is 5.92 Å². The molecule has 0 radical (unpaired) electrons. The van der Waals surface area contributed by atoms with Gasteiger partial charge in [-0.3, -0.25) is 24.2 Å². The Hall–Kier alpha value is -8.73. The van der Waals surface area contributed by atoms with Gasteiger partial charge in [-0.05, 0) is 97.3 Å². The molecule has 0 spiro atoms. The fraction of sp³-hybridized carbons (Fsp3) is 0.281. The number of nitrogens with one attached hydrogen (secondary N) is 4. The van der Waals surface area contributed by atoms with Gasteiger partial charge in [0.1, 0.15) is 0 Å². The molecule has 4 aromatic carbocycles. The number of hydrogen-bond donors (Lipinski definition) is 4. The predicted molar refractivity (Wildman–Crippen MR) is 288 cm³/mol. The van der Waals surface area contributed by atoms with Gasteiger partial charge >= 0.3 is 0 Å². The number of nitrogens with zero attached hydrogens (tertiary/aromatic N) is 9. The zero-order valence-corrected chi connectivity index (χ0v) is 41.2. The van der Waals surface area contributed by atoms with Gasteiger partial charge in [-0.2, -0.15) is 0 Å². The van der Waals surface area contributed by atoms with Crippen LogP contribution in [-0.4, -0.2) is 111 Å². The monoisotopic (exact) mass is 989 g/mol. The van der Waals surface area contributed by atoms with Crippen LogP contribution in [0.15, 0.2) is 146 Å².